The number of hydrogen-bond acceptors (Lipinski definition) is 11. The van der Waals surface area contributed by atoms with E-state index in [1.165, 1.54) is 67.2 Å². The third-order valence-corrected chi connectivity index (χ3v) is 53.0. The van der Waals surface area contributed by atoms with Gasteiger partial charge in [0.05, 0.1) is 32.0 Å². The first-order valence-corrected chi connectivity index (χ1v) is 61.3. The van der Waals surface area contributed by atoms with Crippen molar-refractivity contribution in [1.82, 2.24) is 0 Å². The number of carbonyl (C=O) groups excluding carboxylic acids is 1. The molecule has 0 aliphatic heterocycles. The van der Waals surface area contributed by atoms with Crippen LogP contribution >= 0.6 is 29.9 Å². The van der Waals surface area contributed by atoms with E-state index >= 15 is 0 Å². The summed E-state index contributed by atoms with van der Waals surface area (Å²) in [5, 5.41) is 18.7. The van der Waals surface area contributed by atoms with Gasteiger partial charge in [-0.25, -0.2) is 0 Å². The summed E-state index contributed by atoms with van der Waals surface area (Å²) in [6.45, 7) is 32.8. The van der Waals surface area contributed by atoms with Gasteiger partial charge in [0.15, 0.2) is 6.29 Å². The zero-order valence-corrected chi connectivity index (χ0v) is 94.2. The van der Waals surface area contributed by atoms with Gasteiger partial charge in [-0.3, -0.25) is 4.79 Å². The minimum atomic E-state index is -2.64. The molecule has 0 aliphatic rings. The third-order valence-electron chi connectivity index (χ3n) is 26.5. The topological polar surface area (TPSA) is 78.9 Å². The van der Waals surface area contributed by atoms with Gasteiger partial charge in [-0.1, -0.05) is 392 Å². The van der Waals surface area contributed by atoms with Crippen molar-refractivity contribution < 1.29 is 63.2 Å². The van der Waals surface area contributed by atoms with Crippen molar-refractivity contribution in [1.29, 1.82) is 0 Å². The van der Waals surface area contributed by atoms with Crippen molar-refractivity contribution in [2.24, 2.45) is 0 Å². The second-order valence-corrected chi connectivity index (χ2v) is 62.8. The van der Waals surface area contributed by atoms with Crippen LogP contribution in [0, 0.1) is 6.07 Å². The summed E-state index contributed by atoms with van der Waals surface area (Å²) in [6, 6.07) is 153. The van der Waals surface area contributed by atoms with Gasteiger partial charge in [0, 0.05) is 79.2 Å². The van der Waals surface area contributed by atoms with Crippen LogP contribution in [0.2, 0.25) is 20.2 Å². The summed E-state index contributed by atoms with van der Waals surface area (Å²) in [4.78, 5) is 19.2. The zero-order chi connectivity index (χ0) is 100. The summed E-state index contributed by atoms with van der Waals surface area (Å²) in [5.41, 5.74) is 3.70. The molecule has 0 atom stereocenters. The average Bonchev–Trinajstić information content (AvgIpc) is 1.02. The molecular weight excluding hydrogens is 1900 g/mol. The van der Waals surface area contributed by atoms with Crippen molar-refractivity contribution in [3.05, 3.63) is 462 Å². The molecule has 2 aromatic heterocycles. The molecule has 9 nitrogen and oxygen atoms in total. The predicted octanol–water partition coefficient (Wildman–Crippen LogP) is 19.7. The van der Waals surface area contributed by atoms with E-state index in [1.807, 2.05) is 59.9 Å². The van der Waals surface area contributed by atoms with E-state index in [4.69, 9.17) is 27.2 Å². The van der Waals surface area contributed by atoms with Crippen LogP contribution < -0.4 is 108 Å². The molecule has 14 aromatic carbocycles. The Hall–Kier alpha value is -10.9. The van der Waals surface area contributed by atoms with Gasteiger partial charge in [-0.2, -0.15) is 36.4 Å². The van der Waals surface area contributed by atoms with Crippen molar-refractivity contribution in [2.45, 2.75) is 135 Å². The van der Waals surface area contributed by atoms with Crippen LogP contribution in [0.1, 0.15) is 134 Å². The van der Waals surface area contributed by atoms with Gasteiger partial charge in [0.25, 0.3) is 33.3 Å². The number of anilines is 2. The number of halogens is 1. The Morgan fingerprint density at radius 2 is 0.576 bits per heavy atom. The van der Waals surface area contributed by atoms with E-state index in [2.05, 4.69) is 512 Å². The zero-order valence-electron chi connectivity index (χ0n) is 86.9. The SMILES string of the molecule is CN(CCO[Si](c1ccccc1)(c1ccccc1)C(C)(C)C)c1ccc(C=Cc2cccs2)c(OCCCCO[Si](c2ccccc2)(c2ccccc2)C(C)(C)C)c1.CN(CCO[Si](c1ccccc1)(c1ccccc1)C(C)(C)C)c1ccc(C=O)c(OCCCCO[Si](c2ccccc2)(c2ccccc2)C(C)(C)C)c1.[Cl-].[Li+].[c-]1ccccc1.c1ccc([P+](Cc2cccs2)(c2ccccc2)c2ccccc2)cc1. The Balaban J connectivity index is 0.000000210. The van der Waals surface area contributed by atoms with Gasteiger partial charge in [-0.05, 0) is 183 Å². The molecule has 144 heavy (non-hydrogen) atoms. The van der Waals surface area contributed by atoms with E-state index in [0.717, 1.165) is 67.4 Å². The van der Waals surface area contributed by atoms with Gasteiger partial charge in [0.2, 0.25) is 0 Å². The fourth-order valence-corrected chi connectivity index (χ4v) is 43.9. The second kappa shape index (κ2) is 55.1. The van der Waals surface area contributed by atoms with Crippen molar-refractivity contribution in [3.63, 3.8) is 0 Å². The number of carbonyl (C=O) groups is 1. The molecule has 0 unspecified atom stereocenters. The number of ether oxygens (including phenoxy) is 2. The molecule has 0 spiro atoms. The first kappa shape index (κ1) is 113. The van der Waals surface area contributed by atoms with E-state index < -0.39 is 40.5 Å². The second-order valence-electron chi connectivity index (χ2n) is 40.0. The maximum atomic E-state index is 12.0. The Labute approximate surface area is 891 Å². The molecule has 0 fully saturated rings. The number of thiophene rings is 2. The maximum absolute atomic E-state index is 12.0. The summed E-state index contributed by atoms with van der Waals surface area (Å²) in [5.74, 6) is 1.49. The number of aldehydes is 1. The van der Waals surface area contributed by atoms with Crippen LogP contribution in [0.15, 0.2) is 435 Å². The minimum Gasteiger partial charge on any atom is -1.00 e. The molecule has 0 N–H and O–H groups in total. The van der Waals surface area contributed by atoms with Gasteiger partial charge < -0.3 is 49.4 Å². The van der Waals surface area contributed by atoms with Crippen LogP contribution in [0.25, 0.3) is 12.2 Å². The average molecular weight is 2050 g/mol. The number of likely N-dealkylation sites (N-methyl/N-ethyl adjacent to an activating group) is 2. The molecule has 16 aromatic rings. The van der Waals surface area contributed by atoms with Crippen LogP contribution in [-0.4, -0.2) is 106 Å². The van der Waals surface area contributed by atoms with E-state index in [0.29, 0.717) is 57.5 Å². The first-order chi connectivity index (χ1) is 68.8. The summed E-state index contributed by atoms with van der Waals surface area (Å²) >= 11 is 3.60. The summed E-state index contributed by atoms with van der Waals surface area (Å²) in [6.07, 6.45) is 9.74. The predicted molar refractivity (Wildman–Crippen MR) is 620 cm³/mol. The number of rotatable bonds is 40. The molecule has 2 heterocycles. The maximum Gasteiger partial charge on any atom is 1.00 e. The van der Waals surface area contributed by atoms with E-state index in [-0.39, 0.29) is 51.4 Å². The van der Waals surface area contributed by atoms with Crippen LogP contribution in [-0.2, 0) is 23.9 Å². The first-order valence-electron chi connectivity index (χ1n) is 49.9. The van der Waals surface area contributed by atoms with Gasteiger partial charge in [0.1, 0.15) is 40.8 Å². The molecule has 0 radical (unpaired) electrons. The Bertz CT molecular complexity index is 6090. The summed E-state index contributed by atoms with van der Waals surface area (Å²) < 4.78 is 41.5. The number of nitrogens with zero attached hydrogens (tertiary/aromatic N) is 2. The molecule has 0 bridgehead atoms. The van der Waals surface area contributed by atoms with Crippen molar-refractivity contribution in [2.75, 3.05) is 76.6 Å². The molecular formula is C126H143ClLiN2O7PS2Si4. The molecule has 740 valence electrons. The Morgan fingerprint density at radius 1 is 0.306 bits per heavy atom. The van der Waals surface area contributed by atoms with Crippen LogP contribution in [0.3, 0.4) is 0 Å². The molecule has 18 heteroatoms. The quantitative estimate of drug-likeness (QED) is 0.0123. The van der Waals surface area contributed by atoms with E-state index in [1.54, 1.807) is 11.3 Å². The largest absolute Gasteiger partial charge is 1.00 e. The summed E-state index contributed by atoms with van der Waals surface area (Å²) in [7, 11) is -7.94. The minimum absolute atomic E-state index is 0. The molecule has 0 saturated carbocycles. The normalized spacial score (nSPS) is 11.9. The van der Waals surface area contributed by atoms with Crippen molar-refractivity contribution >= 4 is 150 Å². The molecule has 0 aliphatic carbocycles. The standard InChI is InChI=1S/C51H61NO3SSi2.C46H57NO4Si2.C23H20PS.C6H5.ClH.Li/c1-50(2,3)57(45-24-12-8-13-25-45,46-26-14-9-15-27-46)54-38-21-20-37-53-49-41-43(34-32-42(49)33-35-44-23-22-40-56-44)52(7)36-39-55-58(51(4,5)6,47-28-16-10-17-29-47)48-30-18-11-19-31-48;1-45(2,3)52(40-22-12-8-13-23-40,41-24-14-9-15-25-41)50-34-21-20-33-49-44-36-39(31-30-38(44)37-48)47(7)32-35-51-53(46(4,5)6,42-26-16-10-17-27-42)43-28-18-11-19-29-43;1-4-11-20(12-5-1)24(19-23-17-10-18-25-23,21-13-6-2-7-14-21)22-15-8-3-9-16-22;1-2-4-6-5-3-1;;/h8-19,22-35,40-41H,20-21,36-39H2,1-7H3;8-19,22-31,36-37H,20-21,32-35H2,1-7H3;1-18H,19H2;1-5H;1H;/q;;+1;-1;;+1/p-1. The van der Waals surface area contributed by atoms with Gasteiger partial charge in [-0.15, -0.1) is 22.7 Å². The van der Waals surface area contributed by atoms with Crippen LogP contribution in [0.5, 0.6) is 11.5 Å². The Morgan fingerprint density at radius 3 is 0.840 bits per heavy atom. The smallest absolute Gasteiger partial charge is 1.00 e. The molecule has 0 saturated heterocycles. The number of unbranched alkanes of at least 4 members (excludes halogenated alkanes) is 2. The van der Waals surface area contributed by atoms with E-state index in [9.17, 15) is 4.79 Å². The fraction of sp³-hybridized carbons (Fsp3) is 0.246. The Kier molecular flexibility index (Phi) is 43.4. The van der Waals surface area contributed by atoms with Crippen molar-refractivity contribution in [3.8, 4) is 11.5 Å². The fourth-order valence-electron chi connectivity index (χ4n) is 19.5. The van der Waals surface area contributed by atoms with Crippen LogP contribution in [0.4, 0.5) is 11.4 Å². The third kappa shape index (κ3) is 28.5. The molecule has 16 rings (SSSR count). The number of hydrogen-bond donors (Lipinski definition) is 0. The molecule has 0 amide bonds. The number of benzene rings is 14. The van der Waals surface area contributed by atoms with Gasteiger partial charge >= 0.3 is 18.9 Å². The monoisotopic (exact) mass is 2040 g/mol.